The summed E-state index contributed by atoms with van der Waals surface area (Å²) in [4.78, 5) is 30.3. The highest BCUT2D eigenvalue weighted by molar-refractivity contribution is 7.09. The predicted octanol–water partition coefficient (Wildman–Crippen LogP) is 4.65. The molecule has 0 aromatic carbocycles. The standard InChI is InChI=1S/C26H37NO5S/c1-16-11-9-7-8-10-12-21(17(2)13-20-15-33-19(4)27-20)32-23(29)14-22(28)26(5,6)25(31)18(3)24(16)30/h7-10,13,15-16,18,21-22,24,28,30H,11-12,14H2,1-6H3/t16-,18+,21-,22-,24-/m0/s1. The SMILES string of the molecule is CC(=Cc1csc(C)n1)[C@@H]1CC=CC=CC[C@H](C)[C@H](O)[C@@H](C)C(=O)C(C)(C)[C@@H](O)CC(=O)O1. The Labute approximate surface area is 201 Å². The van der Waals surface area contributed by atoms with Gasteiger partial charge in [0.2, 0.25) is 0 Å². The number of carbonyl (C=O) groups excluding carboxylic acids is 2. The average Bonchev–Trinajstić information content (AvgIpc) is 3.16. The van der Waals surface area contributed by atoms with Crippen LogP contribution in [0.3, 0.4) is 0 Å². The van der Waals surface area contributed by atoms with E-state index >= 15 is 0 Å². The van der Waals surface area contributed by atoms with Gasteiger partial charge in [0.25, 0.3) is 0 Å². The van der Waals surface area contributed by atoms with Crippen molar-refractivity contribution in [2.24, 2.45) is 17.3 Å². The van der Waals surface area contributed by atoms with Crippen molar-refractivity contribution in [3.05, 3.63) is 46.0 Å². The number of aryl methyl sites for hydroxylation is 1. The summed E-state index contributed by atoms with van der Waals surface area (Å²) in [7, 11) is 0. The highest BCUT2D eigenvalue weighted by Crippen LogP contribution is 2.32. The summed E-state index contributed by atoms with van der Waals surface area (Å²) in [6.07, 6.45) is 7.77. The highest BCUT2D eigenvalue weighted by atomic mass is 32.1. The van der Waals surface area contributed by atoms with Gasteiger partial charge >= 0.3 is 5.97 Å². The zero-order valence-corrected chi connectivity index (χ0v) is 21.3. The molecule has 0 radical (unpaired) electrons. The molecule has 0 fully saturated rings. The van der Waals surface area contributed by atoms with E-state index < -0.39 is 35.6 Å². The summed E-state index contributed by atoms with van der Waals surface area (Å²) in [5.74, 6) is -1.64. The number of aliphatic hydroxyl groups excluding tert-OH is 2. The first kappa shape index (κ1) is 27.2. The molecule has 7 heteroatoms. The Balaban J connectivity index is 2.32. The monoisotopic (exact) mass is 475 g/mol. The van der Waals surface area contributed by atoms with Crippen molar-refractivity contribution in [2.45, 2.75) is 79.1 Å². The maximum absolute atomic E-state index is 13.1. The van der Waals surface area contributed by atoms with Crippen LogP contribution in [0.15, 0.2) is 35.3 Å². The number of aliphatic hydroxyl groups is 2. The van der Waals surface area contributed by atoms with Crippen molar-refractivity contribution in [3.8, 4) is 0 Å². The summed E-state index contributed by atoms with van der Waals surface area (Å²) in [6.45, 7) is 10.6. The molecule has 0 spiro atoms. The number of ketones is 1. The van der Waals surface area contributed by atoms with Gasteiger partial charge in [-0.25, -0.2) is 4.98 Å². The lowest BCUT2D eigenvalue weighted by atomic mass is 9.73. The van der Waals surface area contributed by atoms with E-state index in [-0.39, 0.29) is 18.1 Å². The number of esters is 1. The van der Waals surface area contributed by atoms with E-state index in [1.54, 1.807) is 32.1 Å². The molecule has 2 N–H and O–H groups in total. The molecule has 1 aromatic heterocycles. The summed E-state index contributed by atoms with van der Waals surface area (Å²) in [5, 5.41) is 24.3. The summed E-state index contributed by atoms with van der Waals surface area (Å²) in [5.41, 5.74) is 0.457. The lowest BCUT2D eigenvalue weighted by molar-refractivity contribution is -0.154. The van der Waals surface area contributed by atoms with Crippen molar-refractivity contribution < 1.29 is 24.5 Å². The highest BCUT2D eigenvalue weighted by Gasteiger charge is 2.42. The number of aromatic nitrogens is 1. The molecular formula is C26H37NO5S. The lowest BCUT2D eigenvalue weighted by Crippen LogP contribution is -2.45. The number of hydrogen-bond acceptors (Lipinski definition) is 7. The fourth-order valence-electron chi connectivity index (χ4n) is 3.91. The van der Waals surface area contributed by atoms with Crippen molar-refractivity contribution in [1.29, 1.82) is 0 Å². The van der Waals surface area contributed by atoms with E-state index in [1.807, 2.05) is 56.5 Å². The third-order valence-corrected chi connectivity index (χ3v) is 7.16. The molecule has 1 aliphatic heterocycles. The number of ether oxygens (including phenoxy) is 1. The molecule has 2 heterocycles. The van der Waals surface area contributed by atoms with Gasteiger partial charge < -0.3 is 14.9 Å². The molecule has 0 aliphatic carbocycles. The molecule has 5 atom stereocenters. The molecule has 0 bridgehead atoms. The first-order valence-electron chi connectivity index (χ1n) is 11.4. The van der Waals surface area contributed by atoms with Crippen molar-refractivity contribution >= 4 is 29.2 Å². The molecule has 0 amide bonds. The second kappa shape index (κ2) is 11.9. The van der Waals surface area contributed by atoms with Crippen LogP contribution in [-0.4, -0.2) is 45.3 Å². The average molecular weight is 476 g/mol. The van der Waals surface area contributed by atoms with E-state index in [2.05, 4.69) is 4.98 Å². The van der Waals surface area contributed by atoms with Gasteiger partial charge in [0.05, 0.1) is 34.7 Å². The van der Waals surface area contributed by atoms with E-state index in [9.17, 15) is 19.8 Å². The van der Waals surface area contributed by atoms with Gasteiger partial charge in [-0.2, -0.15) is 0 Å². The van der Waals surface area contributed by atoms with Crippen molar-refractivity contribution in [1.82, 2.24) is 4.98 Å². The lowest BCUT2D eigenvalue weighted by Gasteiger charge is -2.34. The largest absolute Gasteiger partial charge is 0.457 e. The second-order valence-corrected chi connectivity index (χ2v) is 10.6. The molecule has 0 saturated heterocycles. The van der Waals surface area contributed by atoms with E-state index in [0.717, 1.165) is 16.3 Å². The number of rotatable bonds is 2. The van der Waals surface area contributed by atoms with Crippen LogP contribution in [-0.2, 0) is 14.3 Å². The maximum Gasteiger partial charge on any atom is 0.309 e. The first-order valence-corrected chi connectivity index (χ1v) is 12.3. The Morgan fingerprint density at radius 3 is 2.42 bits per heavy atom. The van der Waals surface area contributed by atoms with Crippen LogP contribution in [0.4, 0.5) is 0 Å². The smallest absolute Gasteiger partial charge is 0.309 e. The Morgan fingerprint density at radius 2 is 1.82 bits per heavy atom. The van der Waals surface area contributed by atoms with Crippen molar-refractivity contribution in [3.63, 3.8) is 0 Å². The van der Waals surface area contributed by atoms with Gasteiger partial charge in [-0.3, -0.25) is 9.59 Å². The topological polar surface area (TPSA) is 96.7 Å². The zero-order chi connectivity index (χ0) is 24.8. The quantitative estimate of drug-likeness (QED) is 0.604. The molecule has 1 aromatic rings. The zero-order valence-electron chi connectivity index (χ0n) is 20.4. The third-order valence-electron chi connectivity index (χ3n) is 6.37. The van der Waals surface area contributed by atoms with Gasteiger partial charge in [0.15, 0.2) is 0 Å². The van der Waals surface area contributed by atoms with E-state index in [4.69, 9.17) is 4.74 Å². The molecular weight excluding hydrogens is 438 g/mol. The molecule has 0 saturated carbocycles. The molecule has 2 rings (SSSR count). The van der Waals surface area contributed by atoms with Gasteiger partial charge in [-0.15, -0.1) is 11.3 Å². The van der Waals surface area contributed by atoms with Crippen LogP contribution >= 0.6 is 11.3 Å². The number of cyclic esters (lactones) is 1. The Bertz CT molecular complexity index is 914. The van der Waals surface area contributed by atoms with Gasteiger partial charge in [0.1, 0.15) is 11.9 Å². The fourth-order valence-corrected chi connectivity index (χ4v) is 4.48. The minimum Gasteiger partial charge on any atom is -0.457 e. The summed E-state index contributed by atoms with van der Waals surface area (Å²) < 4.78 is 5.73. The summed E-state index contributed by atoms with van der Waals surface area (Å²) >= 11 is 1.55. The van der Waals surface area contributed by atoms with Crippen LogP contribution in [0.1, 0.15) is 64.6 Å². The van der Waals surface area contributed by atoms with Crippen LogP contribution in [0, 0.1) is 24.2 Å². The fraction of sp³-hybridized carbons (Fsp3) is 0.577. The number of allylic oxidation sites excluding steroid dienone is 3. The molecule has 182 valence electrons. The predicted molar refractivity (Wildman–Crippen MR) is 132 cm³/mol. The molecule has 1 aliphatic rings. The van der Waals surface area contributed by atoms with E-state index in [0.29, 0.717) is 12.8 Å². The Hall–Kier alpha value is -2.09. The van der Waals surface area contributed by atoms with Gasteiger partial charge in [0, 0.05) is 17.7 Å². The molecule has 33 heavy (non-hydrogen) atoms. The Kier molecular flexibility index (Phi) is 9.76. The maximum atomic E-state index is 13.1. The van der Waals surface area contributed by atoms with Crippen LogP contribution in [0.2, 0.25) is 0 Å². The second-order valence-electron chi connectivity index (χ2n) is 9.55. The van der Waals surface area contributed by atoms with Gasteiger partial charge in [-0.1, -0.05) is 52.0 Å². The van der Waals surface area contributed by atoms with Crippen LogP contribution < -0.4 is 0 Å². The number of carbonyl (C=O) groups is 2. The van der Waals surface area contributed by atoms with Crippen molar-refractivity contribution in [2.75, 3.05) is 0 Å². The Morgan fingerprint density at radius 1 is 1.18 bits per heavy atom. The first-order chi connectivity index (χ1) is 15.4. The van der Waals surface area contributed by atoms with Crippen LogP contribution in [0.5, 0.6) is 0 Å². The molecule has 6 nitrogen and oxygen atoms in total. The summed E-state index contributed by atoms with van der Waals surface area (Å²) in [6, 6.07) is 0. The van der Waals surface area contributed by atoms with Gasteiger partial charge in [-0.05, 0) is 37.8 Å². The number of Topliss-reactive ketones (excluding diaryl/α,β-unsaturated/α-hetero) is 1. The number of hydrogen-bond donors (Lipinski definition) is 2. The number of nitrogens with zero attached hydrogens (tertiary/aromatic N) is 1. The third kappa shape index (κ3) is 7.45. The normalized spacial score (nSPS) is 30.3. The molecule has 0 unspecified atom stereocenters. The van der Waals surface area contributed by atoms with E-state index in [1.165, 1.54) is 0 Å². The minimum absolute atomic E-state index is 0.126. The minimum atomic E-state index is -1.23. The number of thiazole rings is 1. The van der Waals surface area contributed by atoms with Crippen LogP contribution in [0.25, 0.3) is 6.08 Å².